The molecule has 35 heavy (non-hydrogen) atoms. The van der Waals surface area contributed by atoms with E-state index in [1.54, 1.807) is 37.3 Å². The highest BCUT2D eigenvalue weighted by Gasteiger charge is 2.34. The molecule has 0 saturated heterocycles. The molecular formula is C28H26N2O4S. The molecule has 0 atom stereocenters. The molecule has 7 heteroatoms. The van der Waals surface area contributed by atoms with Crippen molar-refractivity contribution in [2.45, 2.75) is 27.7 Å². The van der Waals surface area contributed by atoms with Crippen molar-refractivity contribution in [2.24, 2.45) is 4.99 Å². The van der Waals surface area contributed by atoms with E-state index in [-0.39, 0.29) is 23.0 Å². The van der Waals surface area contributed by atoms with Crippen LogP contribution in [-0.4, -0.2) is 33.2 Å². The van der Waals surface area contributed by atoms with Crippen LogP contribution in [0.5, 0.6) is 0 Å². The second kappa shape index (κ2) is 10.2. The number of nitrogens with zero attached hydrogens (tertiary/aromatic N) is 2. The predicted molar refractivity (Wildman–Crippen MR) is 140 cm³/mol. The van der Waals surface area contributed by atoms with Crippen LogP contribution in [0.1, 0.15) is 39.8 Å². The first-order valence-electron chi connectivity index (χ1n) is 11.2. The van der Waals surface area contributed by atoms with Gasteiger partial charge in [-0.1, -0.05) is 47.7 Å². The molecule has 4 rings (SSSR count). The fraction of sp³-hybridized carbons (Fsp3) is 0.179. The van der Waals surface area contributed by atoms with Gasteiger partial charge in [-0.3, -0.25) is 4.79 Å². The van der Waals surface area contributed by atoms with E-state index in [9.17, 15) is 14.7 Å². The molecule has 1 aliphatic rings. The number of thioether (sulfide) groups is 1. The maximum absolute atomic E-state index is 12.7. The number of aliphatic hydroxyl groups is 1. The highest BCUT2D eigenvalue weighted by atomic mass is 32.2. The molecule has 178 valence electrons. The van der Waals surface area contributed by atoms with Gasteiger partial charge >= 0.3 is 5.97 Å². The van der Waals surface area contributed by atoms with E-state index in [1.807, 2.05) is 32.9 Å². The predicted octanol–water partition coefficient (Wildman–Crippen LogP) is 6.10. The highest BCUT2D eigenvalue weighted by Crippen LogP contribution is 2.40. The van der Waals surface area contributed by atoms with Crippen molar-refractivity contribution in [1.82, 2.24) is 4.57 Å². The normalized spacial score (nSPS) is 15.8. The summed E-state index contributed by atoms with van der Waals surface area (Å²) in [5.74, 6) is -1.46. The quantitative estimate of drug-likeness (QED) is 0.441. The number of aromatic nitrogens is 1. The molecule has 0 fully saturated rings. The number of aliphatic hydroxyl groups excluding tert-OH is 1. The maximum Gasteiger partial charge on any atom is 0.344 e. The van der Waals surface area contributed by atoms with Crippen LogP contribution in [0.4, 0.5) is 0 Å². The molecule has 1 N–H and O–H groups in total. The van der Waals surface area contributed by atoms with Gasteiger partial charge in [-0.25, -0.2) is 9.79 Å². The number of carbonyl (C=O) groups excluding carboxylic acids is 2. The van der Waals surface area contributed by atoms with Crippen LogP contribution >= 0.6 is 11.8 Å². The number of aryl methyl sites for hydroxylation is 2. The zero-order chi connectivity index (χ0) is 25.1. The fourth-order valence-electron chi connectivity index (χ4n) is 3.90. The van der Waals surface area contributed by atoms with Gasteiger partial charge in [0.2, 0.25) is 0 Å². The minimum atomic E-state index is -0.717. The van der Waals surface area contributed by atoms with E-state index in [0.717, 1.165) is 34.4 Å². The number of hydrogen-bond donors (Lipinski definition) is 1. The van der Waals surface area contributed by atoms with Crippen LogP contribution in [0.2, 0.25) is 0 Å². The summed E-state index contributed by atoms with van der Waals surface area (Å²) < 4.78 is 7.26. The van der Waals surface area contributed by atoms with Crippen LogP contribution < -0.4 is 0 Å². The van der Waals surface area contributed by atoms with Gasteiger partial charge in [-0.05, 0) is 69.7 Å². The third-order valence-electron chi connectivity index (χ3n) is 5.64. The van der Waals surface area contributed by atoms with E-state index >= 15 is 0 Å². The first-order valence-corrected chi connectivity index (χ1v) is 12.1. The first kappa shape index (κ1) is 24.3. The number of rotatable bonds is 5. The SMILES string of the molecule is CCOC(=O)C1=C(O)/C(=C/c2cc(C)n(-c3ccc(C)cc3)c2C)SC1=NC(=O)c1ccccc1. The lowest BCUT2D eigenvalue weighted by Gasteiger charge is -2.10. The van der Waals surface area contributed by atoms with Gasteiger partial charge in [0.15, 0.2) is 0 Å². The molecule has 0 bridgehead atoms. The fourth-order valence-corrected chi connectivity index (χ4v) is 4.90. The minimum Gasteiger partial charge on any atom is -0.506 e. The summed E-state index contributed by atoms with van der Waals surface area (Å²) in [4.78, 5) is 29.9. The van der Waals surface area contributed by atoms with Gasteiger partial charge in [0, 0.05) is 22.6 Å². The lowest BCUT2D eigenvalue weighted by molar-refractivity contribution is -0.138. The van der Waals surface area contributed by atoms with E-state index in [0.29, 0.717) is 10.5 Å². The molecule has 1 aromatic heterocycles. The molecule has 0 aliphatic carbocycles. The van der Waals surface area contributed by atoms with Gasteiger partial charge in [0.05, 0.1) is 11.5 Å². The smallest absolute Gasteiger partial charge is 0.344 e. The Balaban J connectivity index is 1.75. The third-order valence-corrected chi connectivity index (χ3v) is 6.66. The molecule has 1 aliphatic heterocycles. The Morgan fingerprint density at radius 3 is 2.40 bits per heavy atom. The summed E-state index contributed by atoms with van der Waals surface area (Å²) in [6.45, 7) is 7.88. The van der Waals surface area contributed by atoms with E-state index in [2.05, 4.69) is 33.8 Å². The number of benzene rings is 2. The number of amides is 1. The molecule has 6 nitrogen and oxygen atoms in total. The van der Waals surface area contributed by atoms with Gasteiger partial charge < -0.3 is 14.4 Å². The summed E-state index contributed by atoms with van der Waals surface area (Å²) in [6.07, 6.45) is 1.81. The Labute approximate surface area is 208 Å². The molecular weight excluding hydrogens is 460 g/mol. The van der Waals surface area contributed by atoms with Gasteiger partial charge in [-0.2, -0.15) is 0 Å². The van der Waals surface area contributed by atoms with Crippen molar-refractivity contribution in [3.63, 3.8) is 0 Å². The molecule has 0 saturated carbocycles. The zero-order valence-corrected chi connectivity index (χ0v) is 20.8. The maximum atomic E-state index is 12.7. The summed E-state index contributed by atoms with van der Waals surface area (Å²) in [5.41, 5.74) is 5.41. The average Bonchev–Trinajstić information content (AvgIpc) is 3.29. The second-order valence-corrected chi connectivity index (χ2v) is 9.17. The Bertz CT molecular complexity index is 1380. The van der Waals surface area contributed by atoms with Crippen LogP contribution in [0.25, 0.3) is 11.8 Å². The molecule has 0 radical (unpaired) electrons. The van der Waals surface area contributed by atoms with Crippen LogP contribution in [0.3, 0.4) is 0 Å². The number of ether oxygens (including phenoxy) is 1. The molecule has 3 aromatic rings. The summed E-state index contributed by atoms with van der Waals surface area (Å²) >= 11 is 1.08. The van der Waals surface area contributed by atoms with Crippen LogP contribution in [0.15, 0.2) is 81.9 Å². The van der Waals surface area contributed by atoms with Crippen LogP contribution in [0, 0.1) is 20.8 Å². The lowest BCUT2D eigenvalue weighted by Crippen LogP contribution is -2.14. The molecule has 0 spiro atoms. The summed E-state index contributed by atoms with van der Waals surface area (Å²) in [7, 11) is 0. The Hall–Kier alpha value is -3.84. The third kappa shape index (κ3) is 5.00. The van der Waals surface area contributed by atoms with E-state index < -0.39 is 11.9 Å². The first-order chi connectivity index (χ1) is 16.8. The van der Waals surface area contributed by atoms with Crippen molar-refractivity contribution < 1.29 is 19.4 Å². The second-order valence-electron chi connectivity index (χ2n) is 8.14. The molecule has 1 amide bonds. The van der Waals surface area contributed by atoms with Gasteiger partial charge in [-0.15, -0.1) is 0 Å². The Morgan fingerprint density at radius 1 is 1.06 bits per heavy atom. The molecule has 2 heterocycles. The topological polar surface area (TPSA) is 80.9 Å². The summed E-state index contributed by atoms with van der Waals surface area (Å²) in [5, 5.41) is 11.1. The highest BCUT2D eigenvalue weighted by molar-refractivity contribution is 8.18. The van der Waals surface area contributed by atoms with Crippen molar-refractivity contribution in [1.29, 1.82) is 0 Å². The number of hydrogen-bond acceptors (Lipinski definition) is 5. The van der Waals surface area contributed by atoms with Crippen molar-refractivity contribution in [2.75, 3.05) is 6.61 Å². The van der Waals surface area contributed by atoms with Crippen molar-refractivity contribution >= 4 is 34.8 Å². The standard InChI is InChI=1S/C28H26N2O4S/c1-5-34-28(33)24-25(31)23(35-27(24)29-26(32)20-9-7-6-8-10-20)16-21-15-18(3)30(19(21)4)22-13-11-17(2)12-14-22/h6-16,31H,5H2,1-4H3/b23-16-,29-27?. The molecule has 2 aromatic carbocycles. The molecule has 0 unspecified atom stereocenters. The minimum absolute atomic E-state index is 0.0975. The number of carbonyl (C=O) groups is 2. The Kier molecular flexibility index (Phi) is 7.07. The van der Waals surface area contributed by atoms with E-state index in [1.165, 1.54) is 5.56 Å². The number of aliphatic imine (C=N–C) groups is 1. The van der Waals surface area contributed by atoms with E-state index in [4.69, 9.17) is 4.74 Å². The monoisotopic (exact) mass is 486 g/mol. The van der Waals surface area contributed by atoms with Gasteiger partial charge in [0.1, 0.15) is 16.4 Å². The van der Waals surface area contributed by atoms with Crippen LogP contribution in [-0.2, 0) is 9.53 Å². The zero-order valence-electron chi connectivity index (χ0n) is 20.0. The lowest BCUT2D eigenvalue weighted by atomic mass is 10.1. The van der Waals surface area contributed by atoms with Crippen molar-refractivity contribution in [3.05, 3.63) is 105 Å². The summed E-state index contributed by atoms with van der Waals surface area (Å²) in [6, 6.07) is 18.8. The average molecular weight is 487 g/mol. The van der Waals surface area contributed by atoms with Crippen molar-refractivity contribution in [3.8, 4) is 5.69 Å². The van der Waals surface area contributed by atoms with Gasteiger partial charge in [0.25, 0.3) is 5.91 Å². The number of esters is 1. The largest absolute Gasteiger partial charge is 0.506 e. The Morgan fingerprint density at radius 2 is 1.74 bits per heavy atom.